The van der Waals surface area contributed by atoms with Gasteiger partial charge in [0.2, 0.25) is 0 Å². The van der Waals surface area contributed by atoms with Crippen molar-refractivity contribution in [1.82, 2.24) is 10.6 Å². The maximum atomic E-state index is 8.70. The highest BCUT2D eigenvalue weighted by Crippen LogP contribution is 2.28. The number of benzene rings is 2. The van der Waals surface area contributed by atoms with Crippen LogP contribution in [0.4, 0.5) is 0 Å². The van der Waals surface area contributed by atoms with Crippen LogP contribution < -0.4 is 20.1 Å². The van der Waals surface area contributed by atoms with E-state index in [1.54, 1.807) is 7.11 Å². The van der Waals surface area contributed by atoms with Crippen LogP contribution in [-0.2, 0) is 13.2 Å². The van der Waals surface area contributed by atoms with E-state index in [4.69, 9.17) is 14.6 Å². The summed E-state index contributed by atoms with van der Waals surface area (Å²) in [6, 6.07) is 14.4. The molecule has 2 aromatic carbocycles. The Morgan fingerprint density at radius 2 is 1.62 bits per heavy atom. The fourth-order valence-corrected chi connectivity index (χ4v) is 2.56. The number of methoxy groups -OCH3 is 1. The van der Waals surface area contributed by atoms with Crippen LogP contribution in [-0.4, -0.2) is 38.5 Å². The SMILES string of the molecule is COc1cc(CNCCCNCCO)ccc1OCc1ccc(C)cc1. The molecule has 5 nitrogen and oxygen atoms in total. The lowest BCUT2D eigenvalue weighted by atomic mass is 10.1. The quantitative estimate of drug-likeness (QED) is 0.509. The maximum absolute atomic E-state index is 8.70. The van der Waals surface area contributed by atoms with Crippen molar-refractivity contribution in [2.24, 2.45) is 0 Å². The minimum Gasteiger partial charge on any atom is -0.493 e. The highest BCUT2D eigenvalue weighted by molar-refractivity contribution is 5.43. The Bertz CT molecular complexity index is 644. The molecule has 142 valence electrons. The summed E-state index contributed by atoms with van der Waals surface area (Å²) in [4.78, 5) is 0. The molecule has 0 radical (unpaired) electrons. The molecule has 2 aromatic rings. The van der Waals surface area contributed by atoms with Crippen LogP contribution in [0.5, 0.6) is 11.5 Å². The molecule has 0 aliphatic heterocycles. The summed E-state index contributed by atoms with van der Waals surface area (Å²) in [5.41, 5.74) is 3.54. The number of nitrogens with one attached hydrogen (secondary N) is 2. The minimum absolute atomic E-state index is 0.186. The summed E-state index contributed by atoms with van der Waals surface area (Å²) >= 11 is 0. The number of aliphatic hydroxyl groups excluding tert-OH is 1. The van der Waals surface area contributed by atoms with Gasteiger partial charge in [0.15, 0.2) is 11.5 Å². The van der Waals surface area contributed by atoms with Crippen LogP contribution in [0, 0.1) is 6.92 Å². The van der Waals surface area contributed by atoms with E-state index in [-0.39, 0.29) is 6.61 Å². The average molecular weight is 358 g/mol. The summed E-state index contributed by atoms with van der Waals surface area (Å²) in [7, 11) is 1.66. The largest absolute Gasteiger partial charge is 0.493 e. The van der Waals surface area contributed by atoms with Crippen molar-refractivity contribution in [3.63, 3.8) is 0 Å². The second kappa shape index (κ2) is 11.5. The van der Waals surface area contributed by atoms with E-state index in [0.717, 1.165) is 48.7 Å². The third-order valence-corrected chi connectivity index (χ3v) is 4.07. The summed E-state index contributed by atoms with van der Waals surface area (Å²) in [6.45, 7) is 6.05. The molecule has 5 heteroatoms. The molecule has 0 heterocycles. The Kier molecular flexibility index (Phi) is 8.96. The van der Waals surface area contributed by atoms with Gasteiger partial charge in [-0.05, 0) is 49.7 Å². The Morgan fingerprint density at radius 3 is 2.35 bits per heavy atom. The number of aliphatic hydroxyl groups is 1. The third-order valence-electron chi connectivity index (χ3n) is 4.07. The first-order valence-electron chi connectivity index (χ1n) is 9.10. The Hall–Kier alpha value is -2.08. The summed E-state index contributed by atoms with van der Waals surface area (Å²) < 4.78 is 11.4. The van der Waals surface area contributed by atoms with Crippen LogP contribution in [0.2, 0.25) is 0 Å². The van der Waals surface area contributed by atoms with E-state index in [1.807, 2.05) is 12.1 Å². The molecule has 0 spiro atoms. The van der Waals surface area contributed by atoms with Gasteiger partial charge in [-0.2, -0.15) is 0 Å². The van der Waals surface area contributed by atoms with Crippen LogP contribution >= 0.6 is 0 Å². The fraction of sp³-hybridized carbons (Fsp3) is 0.429. The smallest absolute Gasteiger partial charge is 0.161 e. The molecule has 0 fully saturated rings. The van der Waals surface area contributed by atoms with Gasteiger partial charge in [0.25, 0.3) is 0 Å². The van der Waals surface area contributed by atoms with Gasteiger partial charge in [-0.25, -0.2) is 0 Å². The van der Waals surface area contributed by atoms with Crippen LogP contribution in [0.15, 0.2) is 42.5 Å². The lowest BCUT2D eigenvalue weighted by molar-refractivity contribution is 0.284. The molecular weight excluding hydrogens is 328 g/mol. The number of hydrogen-bond donors (Lipinski definition) is 3. The Labute approximate surface area is 156 Å². The highest BCUT2D eigenvalue weighted by Gasteiger charge is 2.06. The van der Waals surface area contributed by atoms with Crippen molar-refractivity contribution in [1.29, 1.82) is 0 Å². The summed E-state index contributed by atoms with van der Waals surface area (Å²) in [6.07, 6.45) is 1.02. The molecule has 0 atom stereocenters. The molecule has 3 N–H and O–H groups in total. The van der Waals surface area contributed by atoms with Crippen molar-refractivity contribution in [3.8, 4) is 11.5 Å². The molecule has 0 aliphatic rings. The Morgan fingerprint density at radius 1 is 0.885 bits per heavy atom. The van der Waals surface area contributed by atoms with Gasteiger partial charge in [0, 0.05) is 13.1 Å². The van der Waals surface area contributed by atoms with Crippen LogP contribution in [0.1, 0.15) is 23.1 Å². The van der Waals surface area contributed by atoms with Gasteiger partial charge in [-0.1, -0.05) is 35.9 Å². The second-order valence-electron chi connectivity index (χ2n) is 6.26. The molecule has 2 rings (SSSR count). The minimum atomic E-state index is 0.186. The molecule has 0 aliphatic carbocycles. The average Bonchev–Trinajstić information content (AvgIpc) is 2.67. The number of rotatable bonds is 12. The number of ether oxygens (including phenoxy) is 2. The van der Waals surface area contributed by atoms with E-state index < -0.39 is 0 Å². The zero-order chi connectivity index (χ0) is 18.6. The van der Waals surface area contributed by atoms with E-state index in [1.165, 1.54) is 5.56 Å². The second-order valence-corrected chi connectivity index (χ2v) is 6.26. The van der Waals surface area contributed by atoms with Gasteiger partial charge in [-0.15, -0.1) is 0 Å². The molecule has 0 unspecified atom stereocenters. The summed E-state index contributed by atoms with van der Waals surface area (Å²) in [5.74, 6) is 1.51. The van der Waals surface area contributed by atoms with Crippen LogP contribution in [0.25, 0.3) is 0 Å². The lowest BCUT2D eigenvalue weighted by Gasteiger charge is -2.13. The van der Waals surface area contributed by atoms with Crippen molar-refractivity contribution in [2.45, 2.75) is 26.5 Å². The molecule has 0 amide bonds. The molecule has 26 heavy (non-hydrogen) atoms. The van der Waals surface area contributed by atoms with E-state index in [9.17, 15) is 0 Å². The van der Waals surface area contributed by atoms with Crippen molar-refractivity contribution >= 4 is 0 Å². The maximum Gasteiger partial charge on any atom is 0.161 e. The van der Waals surface area contributed by atoms with E-state index in [0.29, 0.717) is 13.2 Å². The zero-order valence-corrected chi connectivity index (χ0v) is 15.8. The predicted molar refractivity (Wildman–Crippen MR) is 105 cm³/mol. The number of aryl methyl sites for hydroxylation is 1. The van der Waals surface area contributed by atoms with Crippen molar-refractivity contribution in [2.75, 3.05) is 33.4 Å². The van der Waals surface area contributed by atoms with Gasteiger partial charge in [0.05, 0.1) is 13.7 Å². The number of hydrogen-bond acceptors (Lipinski definition) is 5. The Balaban J connectivity index is 1.79. The first kappa shape index (κ1) is 20.2. The molecule has 0 saturated carbocycles. The van der Waals surface area contributed by atoms with Gasteiger partial charge >= 0.3 is 0 Å². The van der Waals surface area contributed by atoms with E-state index in [2.05, 4.69) is 47.9 Å². The highest BCUT2D eigenvalue weighted by atomic mass is 16.5. The molecule has 0 saturated heterocycles. The van der Waals surface area contributed by atoms with Crippen molar-refractivity contribution in [3.05, 3.63) is 59.2 Å². The van der Waals surface area contributed by atoms with E-state index >= 15 is 0 Å². The first-order chi connectivity index (χ1) is 12.7. The van der Waals surface area contributed by atoms with Gasteiger partial charge in [0.1, 0.15) is 6.61 Å². The predicted octanol–water partition coefficient (Wildman–Crippen LogP) is 2.64. The molecule has 0 aromatic heterocycles. The molecular formula is C21H30N2O3. The fourth-order valence-electron chi connectivity index (χ4n) is 2.56. The van der Waals surface area contributed by atoms with Gasteiger partial charge < -0.3 is 25.2 Å². The monoisotopic (exact) mass is 358 g/mol. The third kappa shape index (κ3) is 7.04. The van der Waals surface area contributed by atoms with Gasteiger partial charge in [-0.3, -0.25) is 0 Å². The standard InChI is InChI=1S/C21H30N2O3/c1-17-4-6-18(7-5-17)16-26-20-9-8-19(14-21(20)25-2)15-23-11-3-10-22-12-13-24/h4-9,14,22-24H,3,10-13,15-16H2,1-2H3. The normalized spacial score (nSPS) is 10.7. The summed E-state index contributed by atoms with van der Waals surface area (Å²) in [5, 5.41) is 15.3. The topological polar surface area (TPSA) is 62.8 Å². The first-order valence-corrected chi connectivity index (χ1v) is 9.10. The van der Waals surface area contributed by atoms with Crippen molar-refractivity contribution < 1.29 is 14.6 Å². The molecule has 0 bridgehead atoms. The van der Waals surface area contributed by atoms with Crippen LogP contribution in [0.3, 0.4) is 0 Å². The zero-order valence-electron chi connectivity index (χ0n) is 15.8. The lowest BCUT2D eigenvalue weighted by Crippen LogP contribution is -2.23.